The maximum Gasteiger partial charge on any atom is 0.0942 e. The van der Waals surface area contributed by atoms with Gasteiger partial charge in [0.1, 0.15) is 0 Å². The van der Waals surface area contributed by atoms with E-state index in [1.165, 1.54) is 52.8 Å². The topological polar surface area (TPSA) is 26.0 Å². The van der Waals surface area contributed by atoms with Crippen molar-refractivity contribution in [2.45, 2.75) is 25.7 Å². The van der Waals surface area contributed by atoms with E-state index in [0.717, 1.165) is 10.9 Å². The molecule has 0 aliphatic heterocycles. The first-order valence-electron chi connectivity index (χ1n) is 7.78. The molecule has 1 aromatic carbocycles. The number of hydrogen-bond donors (Lipinski definition) is 1. The monoisotopic (exact) mass is 325 g/mol. The summed E-state index contributed by atoms with van der Waals surface area (Å²) >= 11 is 3.56. The minimum absolute atomic E-state index is 0.753. The summed E-state index contributed by atoms with van der Waals surface area (Å²) in [6.45, 7) is 0. The van der Waals surface area contributed by atoms with E-state index in [1.807, 2.05) is 11.3 Å². The molecule has 1 nitrogen and oxygen atoms in total. The second-order valence-electron chi connectivity index (χ2n) is 6.05. The minimum Gasteiger partial charge on any atom is -0.390 e. The number of hydrogen-bond acceptors (Lipinski definition) is 3. The van der Waals surface area contributed by atoms with Gasteiger partial charge in [-0.2, -0.15) is 11.3 Å². The molecule has 3 aromatic rings. The lowest BCUT2D eigenvalue weighted by Gasteiger charge is -2.23. The van der Waals surface area contributed by atoms with Crippen molar-refractivity contribution >= 4 is 27.7 Å². The molecule has 22 heavy (non-hydrogen) atoms. The number of rotatable bonds is 3. The van der Waals surface area contributed by atoms with Crippen LogP contribution in [0.15, 0.2) is 47.2 Å². The smallest absolute Gasteiger partial charge is 0.0942 e. The molecule has 0 bridgehead atoms. The molecule has 0 fully saturated rings. The Morgan fingerprint density at radius 1 is 1.14 bits per heavy atom. The number of anilines is 1. The summed E-state index contributed by atoms with van der Waals surface area (Å²) in [5.74, 6) is 0.753. The molecule has 112 valence electrons. The van der Waals surface area contributed by atoms with Gasteiger partial charge in [0.05, 0.1) is 5.00 Å². The van der Waals surface area contributed by atoms with Crippen LogP contribution in [0, 0.1) is 5.92 Å². The fraction of sp³-hybridized carbons (Fsp3) is 0.263. The highest BCUT2D eigenvalue weighted by molar-refractivity contribution is 7.16. The third-order valence-corrected chi connectivity index (χ3v) is 6.34. The summed E-state index contributed by atoms with van der Waals surface area (Å²) in [6.07, 6.45) is 4.82. The molecule has 2 N–H and O–H groups in total. The number of thiophene rings is 2. The second-order valence-corrected chi connectivity index (χ2v) is 7.97. The molecule has 1 aliphatic rings. The molecule has 0 amide bonds. The van der Waals surface area contributed by atoms with Gasteiger partial charge in [-0.25, -0.2) is 0 Å². The molecule has 0 radical (unpaired) electrons. The van der Waals surface area contributed by atoms with E-state index in [2.05, 4.69) is 47.2 Å². The van der Waals surface area contributed by atoms with Gasteiger partial charge in [-0.1, -0.05) is 30.3 Å². The van der Waals surface area contributed by atoms with Crippen molar-refractivity contribution in [1.82, 2.24) is 0 Å². The first-order chi connectivity index (χ1) is 10.8. The summed E-state index contributed by atoms with van der Waals surface area (Å²) in [6, 6.07) is 13.1. The van der Waals surface area contributed by atoms with Crippen molar-refractivity contribution in [2.24, 2.45) is 5.92 Å². The highest BCUT2D eigenvalue weighted by atomic mass is 32.1. The van der Waals surface area contributed by atoms with E-state index in [0.29, 0.717) is 0 Å². The van der Waals surface area contributed by atoms with Crippen LogP contribution in [0.25, 0.3) is 11.1 Å². The summed E-state index contributed by atoms with van der Waals surface area (Å²) in [5, 5.41) is 5.36. The van der Waals surface area contributed by atoms with Gasteiger partial charge in [0.25, 0.3) is 0 Å². The van der Waals surface area contributed by atoms with Gasteiger partial charge in [-0.05, 0) is 65.1 Å². The average Bonchev–Trinajstić information content (AvgIpc) is 3.14. The molecule has 0 saturated heterocycles. The van der Waals surface area contributed by atoms with Crippen LogP contribution >= 0.6 is 22.7 Å². The molecule has 3 heteroatoms. The number of benzene rings is 1. The lowest BCUT2D eigenvalue weighted by Crippen LogP contribution is -2.15. The zero-order valence-electron chi connectivity index (χ0n) is 12.4. The molecule has 0 spiro atoms. The van der Waals surface area contributed by atoms with Crippen LogP contribution < -0.4 is 5.73 Å². The second kappa shape index (κ2) is 5.90. The van der Waals surface area contributed by atoms with Crippen molar-refractivity contribution in [2.75, 3.05) is 5.73 Å². The van der Waals surface area contributed by atoms with Crippen LogP contribution in [0.3, 0.4) is 0 Å². The van der Waals surface area contributed by atoms with E-state index in [9.17, 15) is 0 Å². The molecular weight excluding hydrogens is 306 g/mol. The van der Waals surface area contributed by atoms with Gasteiger partial charge in [0.15, 0.2) is 0 Å². The van der Waals surface area contributed by atoms with Gasteiger partial charge >= 0.3 is 0 Å². The Labute approximate surface area is 139 Å². The fourth-order valence-electron chi connectivity index (χ4n) is 3.52. The van der Waals surface area contributed by atoms with Crippen LogP contribution in [-0.2, 0) is 19.3 Å². The quantitative estimate of drug-likeness (QED) is 0.685. The van der Waals surface area contributed by atoms with Crippen LogP contribution in [0.5, 0.6) is 0 Å². The number of nitrogen functional groups attached to an aromatic ring is 1. The maximum atomic E-state index is 6.33. The fourth-order valence-corrected chi connectivity index (χ4v) is 5.42. The minimum atomic E-state index is 0.753. The standard InChI is InChI=1S/C19H19NS2/c20-19-18(15-8-9-21-12-15)16-7-6-14(11-17(16)22-19)10-13-4-2-1-3-5-13/h1-5,8-9,12,14H,6-7,10-11,20H2. The molecule has 2 aromatic heterocycles. The molecule has 4 rings (SSSR count). The Balaban J connectivity index is 1.59. The normalized spacial score (nSPS) is 17.4. The van der Waals surface area contributed by atoms with E-state index >= 15 is 0 Å². The first-order valence-corrected chi connectivity index (χ1v) is 9.53. The van der Waals surface area contributed by atoms with Gasteiger partial charge < -0.3 is 5.73 Å². The van der Waals surface area contributed by atoms with E-state index in [4.69, 9.17) is 5.73 Å². The molecular formula is C19H19NS2. The van der Waals surface area contributed by atoms with Gasteiger partial charge in [0.2, 0.25) is 0 Å². The zero-order valence-corrected chi connectivity index (χ0v) is 14.1. The molecule has 0 saturated carbocycles. The molecule has 1 atom stereocenters. The predicted molar refractivity (Wildman–Crippen MR) is 97.7 cm³/mol. The van der Waals surface area contributed by atoms with Crippen molar-refractivity contribution in [3.05, 3.63) is 63.2 Å². The number of fused-ring (bicyclic) bond motifs is 1. The largest absolute Gasteiger partial charge is 0.390 e. The van der Waals surface area contributed by atoms with Crippen LogP contribution in [0.1, 0.15) is 22.4 Å². The van der Waals surface area contributed by atoms with Crippen LogP contribution in [0.4, 0.5) is 5.00 Å². The lowest BCUT2D eigenvalue weighted by atomic mass is 9.83. The third-order valence-electron chi connectivity index (χ3n) is 4.57. The summed E-state index contributed by atoms with van der Waals surface area (Å²) in [4.78, 5) is 1.52. The highest BCUT2D eigenvalue weighted by Crippen LogP contribution is 2.44. The third kappa shape index (κ3) is 2.59. The lowest BCUT2D eigenvalue weighted by molar-refractivity contribution is 0.462. The first kappa shape index (κ1) is 14.0. The molecule has 1 aliphatic carbocycles. The summed E-state index contributed by atoms with van der Waals surface area (Å²) in [5.41, 5.74) is 11.9. The van der Waals surface area contributed by atoms with Crippen molar-refractivity contribution in [3.8, 4) is 11.1 Å². The average molecular weight is 326 g/mol. The van der Waals surface area contributed by atoms with E-state index in [-0.39, 0.29) is 0 Å². The van der Waals surface area contributed by atoms with Crippen LogP contribution in [0.2, 0.25) is 0 Å². The molecule has 2 heterocycles. The van der Waals surface area contributed by atoms with Gasteiger partial charge in [-0.15, -0.1) is 11.3 Å². The predicted octanol–water partition coefficient (Wildman–Crippen LogP) is 5.41. The highest BCUT2D eigenvalue weighted by Gasteiger charge is 2.25. The Kier molecular flexibility index (Phi) is 3.77. The van der Waals surface area contributed by atoms with E-state index < -0.39 is 0 Å². The van der Waals surface area contributed by atoms with Crippen LogP contribution in [-0.4, -0.2) is 0 Å². The van der Waals surface area contributed by atoms with Crippen molar-refractivity contribution < 1.29 is 0 Å². The van der Waals surface area contributed by atoms with Gasteiger partial charge in [0, 0.05) is 10.4 Å². The van der Waals surface area contributed by atoms with Gasteiger partial charge in [-0.3, -0.25) is 0 Å². The summed E-state index contributed by atoms with van der Waals surface area (Å²) in [7, 11) is 0. The Morgan fingerprint density at radius 2 is 2.00 bits per heavy atom. The van der Waals surface area contributed by atoms with Crippen molar-refractivity contribution in [1.29, 1.82) is 0 Å². The Morgan fingerprint density at radius 3 is 2.77 bits per heavy atom. The Hall–Kier alpha value is -1.58. The SMILES string of the molecule is Nc1sc2c(c1-c1ccsc1)CCC(Cc1ccccc1)C2. The van der Waals surface area contributed by atoms with E-state index in [1.54, 1.807) is 11.3 Å². The summed E-state index contributed by atoms with van der Waals surface area (Å²) < 4.78 is 0. The Bertz CT molecular complexity index is 756. The zero-order chi connectivity index (χ0) is 14.9. The maximum absolute atomic E-state index is 6.33. The number of nitrogens with two attached hydrogens (primary N) is 1. The van der Waals surface area contributed by atoms with Crippen molar-refractivity contribution in [3.63, 3.8) is 0 Å². The molecule has 1 unspecified atom stereocenters.